The number of rotatable bonds is 5. The van der Waals surface area contributed by atoms with Crippen LogP contribution in [0.25, 0.3) is 0 Å². The predicted octanol–water partition coefficient (Wildman–Crippen LogP) is 2.06. The largest absolute Gasteiger partial charge is 0.466 e. The molecule has 0 spiro atoms. The van der Waals surface area contributed by atoms with E-state index in [2.05, 4.69) is 4.74 Å². The van der Waals surface area contributed by atoms with Gasteiger partial charge >= 0.3 is 11.9 Å². The Morgan fingerprint density at radius 2 is 2.06 bits per heavy atom. The molecule has 0 radical (unpaired) electrons. The highest BCUT2D eigenvalue weighted by molar-refractivity contribution is 5.79. The predicted molar refractivity (Wildman–Crippen MR) is 66.7 cm³/mol. The Hall–Kier alpha value is -1.36. The summed E-state index contributed by atoms with van der Waals surface area (Å²) in [6, 6.07) is 0. The van der Waals surface area contributed by atoms with Gasteiger partial charge < -0.3 is 14.2 Å². The molecule has 0 N–H and O–H groups in total. The molecule has 0 aromatic heterocycles. The minimum atomic E-state index is -0.463. The van der Waals surface area contributed by atoms with Crippen molar-refractivity contribution in [1.29, 1.82) is 0 Å². The van der Waals surface area contributed by atoms with Crippen molar-refractivity contribution in [3.05, 3.63) is 12.3 Å². The molecule has 1 aliphatic rings. The number of hydrogen-bond acceptors (Lipinski definition) is 5. The van der Waals surface area contributed by atoms with Gasteiger partial charge in [-0.25, -0.2) is 4.79 Å². The summed E-state index contributed by atoms with van der Waals surface area (Å²) in [6.45, 7) is 8.52. The lowest BCUT2D eigenvalue weighted by Crippen LogP contribution is -2.18. The smallest absolute Gasteiger partial charge is 0.344 e. The Morgan fingerprint density at radius 3 is 2.44 bits per heavy atom. The Bertz CT molecular complexity index is 285. The Balaban J connectivity index is 0.000000321. The van der Waals surface area contributed by atoms with Crippen molar-refractivity contribution >= 4 is 11.9 Å². The first kappa shape index (κ1) is 16.6. The third-order valence-corrected chi connectivity index (χ3v) is 2.32. The van der Waals surface area contributed by atoms with E-state index >= 15 is 0 Å². The first-order chi connectivity index (χ1) is 8.56. The van der Waals surface area contributed by atoms with Gasteiger partial charge in [-0.1, -0.05) is 13.8 Å². The third kappa shape index (κ3) is 6.39. The van der Waals surface area contributed by atoms with Crippen LogP contribution in [-0.4, -0.2) is 31.3 Å². The lowest BCUT2D eigenvalue weighted by Gasteiger charge is -2.05. The molecule has 104 valence electrons. The Morgan fingerprint density at radius 1 is 1.39 bits per heavy atom. The molecule has 5 heteroatoms. The molecule has 0 bridgehead atoms. The van der Waals surface area contributed by atoms with Crippen LogP contribution in [-0.2, 0) is 23.8 Å². The summed E-state index contributed by atoms with van der Waals surface area (Å²) in [4.78, 5) is 21.3. The maximum absolute atomic E-state index is 10.8. The number of cyclic esters (lactones) is 1. The Labute approximate surface area is 108 Å². The third-order valence-electron chi connectivity index (χ3n) is 2.32. The Kier molecular flexibility index (Phi) is 8.92. The normalized spacial score (nSPS) is 18.7. The summed E-state index contributed by atoms with van der Waals surface area (Å²) in [5.41, 5.74) is 0. The molecule has 0 aromatic carbocycles. The molecule has 18 heavy (non-hydrogen) atoms. The van der Waals surface area contributed by atoms with Crippen molar-refractivity contribution in [3.63, 3.8) is 0 Å². The van der Waals surface area contributed by atoms with E-state index < -0.39 is 6.10 Å². The molecule has 2 unspecified atom stereocenters. The molecule has 5 nitrogen and oxygen atoms in total. The average molecular weight is 258 g/mol. The van der Waals surface area contributed by atoms with Crippen LogP contribution in [0.3, 0.4) is 0 Å². The first-order valence-electron chi connectivity index (χ1n) is 6.22. The molecule has 0 aliphatic carbocycles. The van der Waals surface area contributed by atoms with E-state index in [-0.39, 0.29) is 17.9 Å². The van der Waals surface area contributed by atoms with E-state index in [0.717, 1.165) is 6.42 Å². The average Bonchev–Trinajstić information content (AvgIpc) is 2.76. The number of esters is 2. The van der Waals surface area contributed by atoms with Crippen molar-refractivity contribution in [2.45, 2.75) is 40.2 Å². The van der Waals surface area contributed by atoms with Gasteiger partial charge in [-0.15, -0.1) is 0 Å². The molecular weight excluding hydrogens is 236 g/mol. The van der Waals surface area contributed by atoms with Crippen LogP contribution < -0.4 is 0 Å². The van der Waals surface area contributed by atoms with Crippen molar-refractivity contribution in [2.75, 3.05) is 13.2 Å². The van der Waals surface area contributed by atoms with E-state index in [9.17, 15) is 9.59 Å². The van der Waals surface area contributed by atoms with Gasteiger partial charge in [0.1, 0.15) is 0 Å². The van der Waals surface area contributed by atoms with Crippen molar-refractivity contribution in [3.8, 4) is 0 Å². The van der Waals surface area contributed by atoms with Gasteiger partial charge in [-0.2, -0.15) is 0 Å². The van der Waals surface area contributed by atoms with Gasteiger partial charge in [-0.05, 0) is 26.3 Å². The van der Waals surface area contributed by atoms with Crippen molar-refractivity contribution in [1.82, 2.24) is 0 Å². The molecule has 0 amide bonds. The summed E-state index contributed by atoms with van der Waals surface area (Å²) < 4.78 is 14.2. The highest BCUT2D eigenvalue weighted by Gasteiger charge is 2.20. The van der Waals surface area contributed by atoms with Gasteiger partial charge in [0.05, 0.1) is 18.8 Å². The van der Waals surface area contributed by atoms with Crippen LogP contribution in [0.5, 0.6) is 0 Å². The summed E-state index contributed by atoms with van der Waals surface area (Å²) in [7, 11) is 0. The highest BCUT2D eigenvalue weighted by atomic mass is 16.6. The first-order valence-corrected chi connectivity index (χ1v) is 6.22. The van der Waals surface area contributed by atoms with Crippen LogP contribution in [0.15, 0.2) is 12.3 Å². The molecule has 0 fully saturated rings. The number of carbonyl (C=O) groups is 2. The molecule has 0 aromatic rings. The highest BCUT2D eigenvalue weighted by Crippen LogP contribution is 2.05. The maximum Gasteiger partial charge on any atom is 0.344 e. The fourth-order valence-electron chi connectivity index (χ4n) is 1.08. The quantitative estimate of drug-likeness (QED) is 0.706. The number of ether oxygens (including phenoxy) is 3. The zero-order valence-electron chi connectivity index (χ0n) is 11.5. The number of carbonyl (C=O) groups excluding carboxylic acids is 2. The van der Waals surface area contributed by atoms with E-state index in [4.69, 9.17) is 9.47 Å². The molecule has 1 aliphatic heterocycles. The second-order valence-corrected chi connectivity index (χ2v) is 3.70. The summed E-state index contributed by atoms with van der Waals surface area (Å²) in [5.74, 6) is -0.346. The molecule has 2 atom stereocenters. The van der Waals surface area contributed by atoms with Gasteiger partial charge in [0.2, 0.25) is 0 Å². The van der Waals surface area contributed by atoms with Crippen LogP contribution in [0, 0.1) is 5.92 Å². The molecule has 0 saturated carbocycles. The zero-order chi connectivity index (χ0) is 14.0. The van der Waals surface area contributed by atoms with Crippen LogP contribution in [0.4, 0.5) is 0 Å². The second-order valence-electron chi connectivity index (χ2n) is 3.70. The standard InChI is InChI=1S/C7H14O2.C6H8O3/c1-4-6(3)7(8)9-5-2;1-2-8-5-3-4-9-6(5)7/h6H,4-5H2,1-3H3;3-5H,2H2,1H3. The molecule has 0 saturated heterocycles. The molecule has 1 rings (SSSR count). The number of hydrogen-bond donors (Lipinski definition) is 0. The lowest BCUT2D eigenvalue weighted by atomic mass is 10.1. The monoisotopic (exact) mass is 258 g/mol. The van der Waals surface area contributed by atoms with E-state index in [1.54, 1.807) is 6.08 Å². The minimum Gasteiger partial charge on any atom is -0.466 e. The summed E-state index contributed by atoms with van der Waals surface area (Å²) in [5, 5.41) is 0. The second kappa shape index (κ2) is 9.65. The van der Waals surface area contributed by atoms with E-state index in [1.165, 1.54) is 6.26 Å². The van der Waals surface area contributed by atoms with Crippen molar-refractivity contribution in [2.24, 2.45) is 5.92 Å². The van der Waals surface area contributed by atoms with E-state index in [0.29, 0.717) is 13.2 Å². The van der Waals surface area contributed by atoms with Crippen LogP contribution in [0.1, 0.15) is 34.1 Å². The zero-order valence-corrected chi connectivity index (χ0v) is 11.5. The summed E-state index contributed by atoms with van der Waals surface area (Å²) >= 11 is 0. The lowest BCUT2D eigenvalue weighted by molar-refractivity contribution is -0.147. The van der Waals surface area contributed by atoms with Gasteiger partial charge in [0, 0.05) is 6.61 Å². The van der Waals surface area contributed by atoms with Crippen LogP contribution in [0.2, 0.25) is 0 Å². The van der Waals surface area contributed by atoms with Crippen molar-refractivity contribution < 1.29 is 23.8 Å². The van der Waals surface area contributed by atoms with Crippen LogP contribution >= 0.6 is 0 Å². The molecule has 1 heterocycles. The van der Waals surface area contributed by atoms with Gasteiger partial charge in [0.15, 0.2) is 6.10 Å². The maximum atomic E-state index is 10.8. The minimum absolute atomic E-state index is 0.0601. The van der Waals surface area contributed by atoms with Gasteiger partial charge in [0.25, 0.3) is 0 Å². The fourth-order valence-corrected chi connectivity index (χ4v) is 1.08. The van der Waals surface area contributed by atoms with Gasteiger partial charge in [-0.3, -0.25) is 4.79 Å². The topological polar surface area (TPSA) is 61.8 Å². The molecular formula is C13H22O5. The summed E-state index contributed by atoms with van der Waals surface area (Å²) in [6.07, 6.45) is 3.34. The fraction of sp³-hybridized carbons (Fsp3) is 0.692. The van der Waals surface area contributed by atoms with E-state index in [1.807, 2.05) is 27.7 Å². The SMILES string of the molecule is CCOC(=O)C(C)CC.CCOC1C=COC1=O.